The van der Waals surface area contributed by atoms with E-state index in [0.29, 0.717) is 6.54 Å². The molecule has 2 N–H and O–H groups in total. The lowest BCUT2D eigenvalue weighted by atomic mass is 10.1. The van der Waals surface area contributed by atoms with Gasteiger partial charge >= 0.3 is 6.18 Å². The van der Waals surface area contributed by atoms with Crippen molar-refractivity contribution in [1.82, 2.24) is 0 Å². The standard InChI is InChI=1S/C9H10F3N.ClH/c10-9(11,12)5-7-1-3-8(6-13)4-2-7;/h1-4H,5-6,13H2;1H. The summed E-state index contributed by atoms with van der Waals surface area (Å²) in [6.45, 7) is 0.353. The van der Waals surface area contributed by atoms with Crippen LogP contribution in [0.2, 0.25) is 0 Å². The summed E-state index contributed by atoms with van der Waals surface area (Å²) in [5, 5.41) is 0. The van der Waals surface area contributed by atoms with Crippen LogP contribution in [-0.2, 0) is 13.0 Å². The first-order valence-electron chi connectivity index (χ1n) is 3.86. The van der Waals surface area contributed by atoms with Gasteiger partial charge in [0.05, 0.1) is 6.42 Å². The van der Waals surface area contributed by atoms with Gasteiger partial charge in [0.2, 0.25) is 0 Å². The Morgan fingerprint density at radius 2 is 1.43 bits per heavy atom. The Kier molecular flexibility index (Phi) is 4.94. The average Bonchev–Trinajstić information content (AvgIpc) is 2.03. The highest BCUT2D eigenvalue weighted by atomic mass is 35.5. The van der Waals surface area contributed by atoms with Crippen LogP contribution in [0.15, 0.2) is 24.3 Å². The van der Waals surface area contributed by atoms with Crippen LogP contribution in [0.1, 0.15) is 11.1 Å². The predicted molar refractivity (Wildman–Crippen MR) is 51.3 cm³/mol. The molecule has 14 heavy (non-hydrogen) atoms. The second-order valence-electron chi connectivity index (χ2n) is 2.81. The molecule has 0 amide bonds. The number of rotatable bonds is 2. The number of hydrogen-bond acceptors (Lipinski definition) is 1. The minimum Gasteiger partial charge on any atom is -0.326 e. The SMILES string of the molecule is Cl.NCc1ccc(CC(F)(F)F)cc1. The number of alkyl halides is 3. The molecule has 1 rings (SSSR count). The van der Waals surface area contributed by atoms with Crippen LogP contribution in [0.3, 0.4) is 0 Å². The molecule has 0 aromatic heterocycles. The maximum Gasteiger partial charge on any atom is 0.393 e. The normalized spacial score (nSPS) is 10.9. The van der Waals surface area contributed by atoms with Gasteiger partial charge in [-0.2, -0.15) is 13.2 Å². The van der Waals surface area contributed by atoms with Gasteiger partial charge < -0.3 is 5.73 Å². The Labute approximate surface area is 86.5 Å². The van der Waals surface area contributed by atoms with Crippen LogP contribution in [0.25, 0.3) is 0 Å². The Morgan fingerprint density at radius 1 is 1.00 bits per heavy atom. The maximum atomic E-state index is 11.9. The van der Waals surface area contributed by atoms with Crippen molar-refractivity contribution in [3.8, 4) is 0 Å². The minimum atomic E-state index is -4.13. The molecule has 1 aromatic rings. The molecule has 0 radical (unpaired) electrons. The van der Waals surface area contributed by atoms with Crippen molar-refractivity contribution in [2.45, 2.75) is 19.1 Å². The van der Waals surface area contributed by atoms with Crippen molar-refractivity contribution in [3.05, 3.63) is 35.4 Å². The summed E-state index contributed by atoms with van der Waals surface area (Å²) in [7, 11) is 0. The van der Waals surface area contributed by atoms with E-state index >= 15 is 0 Å². The summed E-state index contributed by atoms with van der Waals surface area (Å²) in [6, 6.07) is 6.13. The number of hydrogen-bond donors (Lipinski definition) is 1. The van der Waals surface area contributed by atoms with E-state index in [2.05, 4.69) is 0 Å². The van der Waals surface area contributed by atoms with Gasteiger partial charge in [-0.05, 0) is 11.1 Å². The van der Waals surface area contributed by atoms with E-state index in [-0.39, 0.29) is 18.0 Å². The van der Waals surface area contributed by atoms with Gasteiger partial charge in [0.15, 0.2) is 0 Å². The Balaban J connectivity index is 0.00000169. The smallest absolute Gasteiger partial charge is 0.326 e. The highest BCUT2D eigenvalue weighted by Crippen LogP contribution is 2.21. The third-order valence-electron chi connectivity index (χ3n) is 1.66. The zero-order chi connectivity index (χ0) is 9.90. The minimum absolute atomic E-state index is 0. The van der Waals surface area contributed by atoms with E-state index in [1.165, 1.54) is 12.1 Å². The molecule has 1 aromatic carbocycles. The molecule has 0 aliphatic carbocycles. The van der Waals surface area contributed by atoms with Gasteiger partial charge in [-0.3, -0.25) is 0 Å². The van der Waals surface area contributed by atoms with Crippen molar-refractivity contribution in [1.29, 1.82) is 0 Å². The highest BCUT2D eigenvalue weighted by molar-refractivity contribution is 5.85. The van der Waals surface area contributed by atoms with E-state index < -0.39 is 12.6 Å². The summed E-state index contributed by atoms with van der Waals surface area (Å²) in [6.07, 6.45) is -5.01. The molecular formula is C9H11ClF3N. The third-order valence-corrected chi connectivity index (χ3v) is 1.66. The maximum absolute atomic E-state index is 11.9. The summed E-state index contributed by atoms with van der Waals surface area (Å²) in [4.78, 5) is 0. The first-order valence-corrected chi connectivity index (χ1v) is 3.86. The van der Waals surface area contributed by atoms with Crippen LogP contribution < -0.4 is 5.73 Å². The molecular weight excluding hydrogens is 215 g/mol. The second-order valence-corrected chi connectivity index (χ2v) is 2.81. The van der Waals surface area contributed by atoms with Crippen molar-refractivity contribution >= 4 is 12.4 Å². The molecule has 0 aliphatic rings. The monoisotopic (exact) mass is 225 g/mol. The largest absolute Gasteiger partial charge is 0.393 e. The fourth-order valence-corrected chi connectivity index (χ4v) is 1.02. The molecule has 0 spiro atoms. The van der Waals surface area contributed by atoms with Crippen LogP contribution in [0.5, 0.6) is 0 Å². The van der Waals surface area contributed by atoms with Gasteiger partial charge in [-0.25, -0.2) is 0 Å². The first kappa shape index (κ1) is 13.3. The lowest BCUT2D eigenvalue weighted by Gasteiger charge is -2.06. The summed E-state index contributed by atoms with van der Waals surface area (Å²) < 4.78 is 35.7. The molecule has 0 unspecified atom stereocenters. The molecule has 1 nitrogen and oxygen atoms in total. The molecule has 0 aliphatic heterocycles. The average molecular weight is 226 g/mol. The van der Waals surface area contributed by atoms with Gasteiger partial charge in [0, 0.05) is 6.54 Å². The lowest BCUT2D eigenvalue weighted by molar-refractivity contribution is -0.127. The second kappa shape index (κ2) is 5.22. The zero-order valence-electron chi connectivity index (χ0n) is 7.34. The van der Waals surface area contributed by atoms with E-state index in [0.717, 1.165) is 5.56 Å². The van der Waals surface area contributed by atoms with Crippen molar-refractivity contribution in [2.24, 2.45) is 5.73 Å². The van der Waals surface area contributed by atoms with Crippen LogP contribution in [0.4, 0.5) is 13.2 Å². The van der Waals surface area contributed by atoms with Gasteiger partial charge in [0.25, 0.3) is 0 Å². The molecule has 0 heterocycles. The highest BCUT2D eigenvalue weighted by Gasteiger charge is 2.27. The fraction of sp³-hybridized carbons (Fsp3) is 0.333. The Morgan fingerprint density at radius 3 is 1.79 bits per heavy atom. The van der Waals surface area contributed by atoms with E-state index in [4.69, 9.17) is 5.73 Å². The number of nitrogens with two attached hydrogens (primary N) is 1. The summed E-state index contributed by atoms with van der Waals surface area (Å²) in [5.74, 6) is 0. The predicted octanol–water partition coefficient (Wildman–Crippen LogP) is 2.67. The third kappa shape index (κ3) is 4.48. The quantitative estimate of drug-likeness (QED) is 0.823. The molecule has 0 bridgehead atoms. The molecule has 0 fully saturated rings. The molecule has 0 saturated heterocycles. The van der Waals surface area contributed by atoms with Crippen molar-refractivity contribution < 1.29 is 13.2 Å². The van der Waals surface area contributed by atoms with Gasteiger partial charge in [-0.15, -0.1) is 12.4 Å². The van der Waals surface area contributed by atoms with Crippen molar-refractivity contribution in [2.75, 3.05) is 0 Å². The van der Waals surface area contributed by atoms with Gasteiger partial charge in [-0.1, -0.05) is 24.3 Å². The topological polar surface area (TPSA) is 26.0 Å². The summed E-state index contributed by atoms with van der Waals surface area (Å²) >= 11 is 0. The van der Waals surface area contributed by atoms with Crippen LogP contribution in [-0.4, -0.2) is 6.18 Å². The molecule has 5 heteroatoms. The van der Waals surface area contributed by atoms with E-state index in [1.807, 2.05) is 0 Å². The molecule has 80 valence electrons. The first-order chi connectivity index (χ1) is 6.01. The number of halogens is 4. The van der Waals surface area contributed by atoms with Crippen LogP contribution >= 0.6 is 12.4 Å². The number of benzene rings is 1. The zero-order valence-corrected chi connectivity index (χ0v) is 8.16. The van der Waals surface area contributed by atoms with Gasteiger partial charge in [0.1, 0.15) is 0 Å². The Bertz CT molecular complexity index is 268. The lowest BCUT2D eigenvalue weighted by Crippen LogP contribution is -2.11. The van der Waals surface area contributed by atoms with Crippen molar-refractivity contribution in [3.63, 3.8) is 0 Å². The van der Waals surface area contributed by atoms with E-state index in [1.54, 1.807) is 12.1 Å². The molecule has 0 saturated carbocycles. The molecule has 0 atom stereocenters. The Hall–Kier alpha value is -0.740. The van der Waals surface area contributed by atoms with E-state index in [9.17, 15) is 13.2 Å². The fourth-order valence-electron chi connectivity index (χ4n) is 1.02. The van der Waals surface area contributed by atoms with Crippen LogP contribution in [0, 0.1) is 0 Å². The summed E-state index contributed by atoms with van der Waals surface area (Å²) in [5.41, 5.74) is 6.41.